The van der Waals surface area contributed by atoms with E-state index >= 15 is 0 Å². The molecule has 0 saturated carbocycles. The van der Waals surface area contributed by atoms with Crippen LogP contribution in [0.4, 0.5) is 5.69 Å². The smallest absolute Gasteiger partial charge is 0.255 e. The highest BCUT2D eigenvalue weighted by atomic mass is 79.9. The normalized spacial score (nSPS) is 14.0. The van der Waals surface area contributed by atoms with E-state index in [2.05, 4.69) is 21.2 Å². The van der Waals surface area contributed by atoms with Crippen LogP contribution in [0.3, 0.4) is 0 Å². The lowest BCUT2D eigenvalue weighted by atomic mass is 10.0. The predicted octanol–water partition coefficient (Wildman–Crippen LogP) is 4.78. The first kappa shape index (κ1) is 17.5. The number of anilines is 1. The molecular weight excluding hydrogens is 404 g/mol. The van der Waals surface area contributed by atoms with E-state index in [0.29, 0.717) is 17.8 Å². The lowest BCUT2D eigenvalue weighted by Gasteiger charge is -2.27. The van der Waals surface area contributed by atoms with Crippen molar-refractivity contribution in [3.8, 4) is 0 Å². The van der Waals surface area contributed by atoms with Crippen LogP contribution in [0, 0.1) is 0 Å². The van der Waals surface area contributed by atoms with Crippen LogP contribution >= 0.6 is 15.9 Å². The predicted molar refractivity (Wildman–Crippen MR) is 108 cm³/mol. The van der Waals surface area contributed by atoms with Gasteiger partial charge in [0.05, 0.1) is 0 Å². The molecule has 2 amide bonds. The molecule has 3 aromatic carbocycles. The van der Waals surface area contributed by atoms with E-state index < -0.39 is 6.04 Å². The fourth-order valence-corrected chi connectivity index (χ4v) is 3.60. The molecule has 0 bridgehead atoms. The van der Waals surface area contributed by atoms with E-state index in [4.69, 9.17) is 0 Å². The Labute approximate surface area is 165 Å². The van der Waals surface area contributed by atoms with Gasteiger partial charge in [-0.05, 0) is 41.5 Å². The molecule has 4 rings (SSSR count). The van der Waals surface area contributed by atoms with Gasteiger partial charge in [-0.2, -0.15) is 0 Å². The van der Waals surface area contributed by atoms with Gasteiger partial charge in [-0.25, -0.2) is 0 Å². The molecule has 0 aliphatic carbocycles. The Bertz CT molecular complexity index is 987. The van der Waals surface area contributed by atoms with Gasteiger partial charge in [0, 0.05) is 22.3 Å². The van der Waals surface area contributed by atoms with Crippen LogP contribution in [0.2, 0.25) is 0 Å². The van der Waals surface area contributed by atoms with E-state index in [-0.39, 0.29) is 11.8 Å². The zero-order valence-electron chi connectivity index (χ0n) is 14.4. The summed E-state index contributed by atoms with van der Waals surface area (Å²) in [5.74, 6) is -0.352. The molecule has 134 valence electrons. The summed E-state index contributed by atoms with van der Waals surface area (Å²) in [6.07, 6.45) is 0. The molecule has 3 aromatic rings. The Morgan fingerprint density at radius 1 is 0.926 bits per heavy atom. The fraction of sp³-hybridized carbons (Fsp3) is 0.0909. The first-order chi connectivity index (χ1) is 13.1. The molecular formula is C22H17BrN2O2. The summed E-state index contributed by atoms with van der Waals surface area (Å²) in [5.41, 5.74) is 3.08. The minimum atomic E-state index is -0.699. The summed E-state index contributed by atoms with van der Waals surface area (Å²) < 4.78 is 0.935. The van der Waals surface area contributed by atoms with Gasteiger partial charge in [0.2, 0.25) is 0 Å². The number of carbonyl (C=O) groups excluding carboxylic acids is 2. The molecule has 1 heterocycles. The van der Waals surface area contributed by atoms with Crippen LogP contribution in [-0.4, -0.2) is 16.7 Å². The number of carbonyl (C=O) groups is 2. The molecule has 27 heavy (non-hydrogen) atoms. The lowest BCUT2D eigenvalue weighted by molar-refractivity contribution is -0.120. The van der Waals surface area contributed by atoms with Gasteiger partial charge in [0.25, 0.3) is 11.8 Å². The maximum Gasteiger partial charge on any atom is 0.255 e. The third-order valence-electron chi connectivity index (χ3n) is 4.64. The molecule has 0 unspecified atom stereocenters. The number of nitrogens with one attached hydrogen (secondary N) is 1. The Morgan fingerprint density at radius 2 is 1.59 bits per heavy atom. The molecule has 0 fully saturated rings. The standard InChI is InChI=1S/C22H17BrN2O2/c23-17-10-12-18(13-11-17)24-21(26)20(15-6-2-1-3-7-15)25-14-16-8-4-5-9-19(16)22(25)27/h1-13,20H,14H2,(H,24,26)/t20-/m1/s1. The van der Waals surface area contributed by atoms with Crippen molar-refractivity contribution in [2.45, 2.75) is 12.6 Å². The van der Waals surface area contributed by atoms with Crippen LogP contribution in [0.15, 0.2) is 83.3 Å². The highest BCUT2D eigenvalue weighted by Gasteiger charge is 2.37. The Morgan fingerprint density at radius 3 is 2.30 bits per heavy atom. The minimum absolute atomic E-state index is 0.120. The number of fused-ring (bicyclic) bond motifs is 1. The van der Waals surface area contributed by atoms with Crippen molar-refractivity contribution < 1.29 is 9.59 Å². The van der Waals surface area contributed by atoms with Crippen molar-refractivity contribution in [2.24, 2.45) is 0 Å². The maximum atomic E-state index is 13.2. The van der Waals surface area contributed by atoms with Crippen molar-refractivity contribution in [3.63, 3.8) is 0 Å². The van der Waals surface area contributed by atoms with Gasteiger partial charge in [-0.15, -0.1) is 0 Å². The van der Waals surface area contributed by atoms with E-state index in [9.17, 15) is 9.59 Å². The van der Waals surface area contributed by atoms with Crippen molar-refractivity contribution in [3.05, 3.63) is 100 Å². The average molecular weight is 421 g/mol. The first-order valence-electron chi connectivity index (χ1n) is 8.64. The van der Waals surface area contributed by atoms with E-state index in [1.807, 2.05) is 78.9 Å². The van der Waals surface area contributed by atoms with Crippen LogP contribution in [0.1, 0.15) is 27.5 Å². The topological polar surface area (TPSA) is 49.4 Å². The van der Waals surface area contributed by atoms with Gasteiger partial charge in [0.1, 0.15) is 6.04 Å². The van der Waals surface area contributed by atoms with Crippen molar-refractivity contribution >= 4 is 33.4 Å². The SMILES string of the molecule is O=C(Nc1ccc(Br)cc1)[C@@H](c1ccccc1)N1Cc2ccccc2C1=O. The van der Waals surface area contributed by atoms with Crippen molar-refractivity contribution in [2.75, 3.05) is 5.32 Å². The highest BCUT2D eigenvalue weighted by Crippen LogP contribution is 2.32. The summed E-state index contributed by atoms with van der Waals surface area (Å²) in [4.78, 5) is 27.8. The second-order valence-corrected chi connectivity index (χ2v) is 7.32. The average Bonchev–Trinajstić information content (AvgIpc) is 3.01. The quantitative estimate of drug-likeness (QED) is 0.659. The second kappa shape index (κ2) is 7.37. The zero-order chi connectivity index (χ0) is 18.8. The van der Waals surface area contributed by atoms with Crippen LogP contribution in [0.5, 0.6) is 0 Å². The molecule has 1 atom stereocenters. The van der Waals surface area contributed by atoms with Gasteiger partial charge in [-0.1, -0.05) is 64.5 Å². The zero-order valence-corrected chi connectivity index (χ0v) is 16.0. The largest absolute Gasteiger partial charge is 0.324 e. The third-order valence-corrected chi connectivity index (χ3v) is 5.17. The molecule has 1 aliphatic rings. The summed E-state index contributed by atoms with van der Waals surface area (Å²) in [5, 5.41) is 2.94. The Hall–Kier alpha value is -2.92. The lowest BCUT2D eigenvalue weighted by Crippen LogP contribution is -2.37. The Kier molecular flexibility index (Phi) is 4.77. The van der Waals surface area contributed by atoms with Crippen LogP contribution in [0.25, 0.3) is 0 Å². The number of halogens is 1. The van der Waals surface area contributed by atoms with Crippen LogP contribution in [-0.2, 0) is 11.3 Å². The summed E-state index contributed by atoms with van der Waals surface area (Å²) in [7, 11) is 0. The summed E-state index contributed by atoms with van der Waals surface area (Å²) in [6, 6.07) is 23.6. The first-order valence-corrected chi connectivity index (χ1v) is 9.43. The number of amides is 2. The maximum absolute atomic E-state index is 13.2. The van der Waals surface area contributed by atoms with Gasteiger partial charge in [-0.3, -0.25) is 9.59 Å². The van der Waals surface area contributed by atoms with Crippen LogP contribution < -0.4 is 5.32 Å². The second-order valence-electron chi connectivity index (χ2n) is 6.40. The molecule has 1 aliphatic heterocycles. The molecule has 0 saturated heterocycles. The molecule has 5 heteroatoms. The van der Waals surface area contributed by atoms with Crippen molar-refractivity contribution in [1.29, 1.82) is 0 Å². The van der Waals surface area contributed by atoms with Crippen molar-refractivity contribution in [1.82, 2.24) is 4.90 Å². The molecule has 1 N–H and O–H groups in total. The van der Waals surface area contributed by atoms with E-state index in [0.717, 1.165) is 15.6 Å². The monoisotopic (exact) mass is 420 g/mol. The van der Waals surface area contributed by atoms with Gasteiger partial charge in [0.15, 0.2) is 0 Å². The number of hydrogen-bond acceptors (Lipinski definition) is 2. The number of hydrogen-bond donors (Lipinski definition) is 1. The number of rotatable bonds is 4. The third kappa shape index (κ3) is 3.51. The molecule has 0 aromatic heterocycles. The van der Waals surface area contributed by atoms with E-state index in [1.54, 1.807) is 4.90 Å². The minimum Gasteiger partial charge on any atom is -0.324 e. The van der Waals surface area contributed by atoms with Gasteiger partial charge < -0.3 is 10.2 Å². The number of benzene rings is 3. The molecule has 4 nitrogen and oxygen atoms in total. The molecule has 0 radical (unpaired) electrons. The highest BCUT2D eigenvalue weighted by molar-refractivity contribution is 9.10. The van der Waals surface area contributed by atoms with E-state index in [1.165, 1.54) is 0 Å². The Balaban J connectivity index is 1.67. The summed E-state index contributed by atoms with van der Waals surface area (Å²) in [6.45, 7) is 0.419. The molecule has 0 spiro atoms. The summed E-state index contributed by atoms with van der Waals surface area (Å²) >= 11 is 3.39. The van der Waals surface area contributed by atoms with Gasteiger partial charge >= 0.3 is 0 Å². The fourth-order valence-electron chi connectivity index (χ4n) is 3.34. The number of nitrogens with zero attached hydrogens (tertiary/aromatic N) is 1.